The average Bonchev–Trinajstić information content (AvgIpc) is 2.83. The number of benzene rings is 3. The SMILES string of the molecule is CCc1ccc(NC(=O)/C(C#N)=C\c2ccc(Oc3ccc(C(F)(F)F)cc3[N+](=O)[O-])c(Cl)c2)cc1. The zero-order valence-corrected chi connectivity index (χ0v) is 19.4. The number of rotatable bonds is 7. The molecule has 0 aliphatic rings. The van der Waals surface area contributed by atoms with Gasteiger partial charge >= 0.3 is 11.9 Å². The summed E-state index contributed by atoms with van der Waals surface area (Å²) < 4.78 is 44.1. The van der Waals surface area contributed by atoms with Crippen LogP contribution in [-0.4, -0.2) is 10.8 Å². The van der Waals surface area contributed by atoms with Gasteiger partial charge in [-0.15, -0.1) is 0 Å². The van der Waals surface area contributed by atoms with E-state index in [1.807, 2.05) is 25.1 Å². The number of amides is 1. The van der Waals surface area contributed by atoms with Gasteiger partial charge in [0.05, 0.1) is 15.5 Å². The van der Waals surface area contributed by atoms with E-state index < -0.39 is 34.0 Å². The molecule has 184 valence electrons. The number of hydrogen-bond acceptors (Lipinski definition) is 5. The molecule has 0 heterocycles. The van der Waals surface area contributed by atoms with Crippen LogP contribution in [0.3, 0.4) is 0 Å². The molecule has 11 heteroatoms. The van der Waals surface area contributed by atoms with Crippen LogP contribution >= 0.6 is 11.6 Å². The van der Waals surface area contributed by atoms with Gasteiger partial charge in [-0.2, -0.15) is 18.4 Å². The van der Waals surface area contributed by atoms with Crippen LogP contribution in [0.15, 0.2) is 66.2 Å². The number of alkyl halides is 3. The summed E-state index contributed by atoms with van der Waals surface area (Å²) in [5.41, 5.74) is -0.349. The van der Waals surface area contributed by atoms with Crippen molar-refractivity contribution in [3.63, 3.8) is 0 Å². The second-order valence-corrected chi connectivity index (χ2v) is 7.81. The van der Waals surface area contributed by atoms with Gasteiger partial charge in [-0.1, -0.05) is 36.7 Å². The van der Waals surface area contributed by atoms with Crippen molar-refractivity contribution in [2.75, 3.05) is 5.32 Å². The van der Waals surface area contributed by atoms with Crippen LogP contribution in [-0.2, 0) is 17.4 Å². The molecule has 0 bridgehead atoms. The topological polar surface area (TPSA) is 105 Å². The first-order chi connectivity index (χ1) is 17.0. The molecule has 0 aliphatic heterocycles. The Morgan fingerprint density at radius 1 is 1.14 bits per heavy atom. The van der Waals surface area contributed by atoms with E-state index in [2.05, 4.69) is 5.32 Å². The van der Waals surface area contributed by atoms with Crippen LogP contribution in [0, 0.1) is 21.4 Å². The van der Waals surface area contributed by atoms with E-state index in [4.69, 9.17) is 16.3 Å². The summed E-state index contributed by atoms with van der Waals surface area (Å²) in [5, 5.41) is 23.3. The first-order valence-corrected chi connectivity index (χ1v) is 10.7. The van der Waals surface area contributed by atoms with Crippen LogP contribution in [0.4, 0.5) is 24.5 Å². The van der Waals surface area contributed by atoms with Crippen molar-refractivity contribution in [1.82, 2.24) is 0 Å². The summed E-state index contributed by atoms with van der Waals surface area (Å²) in [5.74, 6) is -1.15. The summed E-state index contributed by atoms with van der Waals surface area (Å²) in [6.45, 7) is 2.00. The van der Waals surface area contributed by atoms with Crippen molar-refractivity contribution in [1.29, 1.82) is 5.26 Å². The molecule has 3 aromatic rings. The van der Waals surface area contributed by atoms with Crippen molar-refractivity contribution in [2.45, 2.75) is 19.5 Å². The number of carbonyl (C=O) groups excluding carboxylic acids is 1. The van der Waals surface area contributed by atoms with Gasteiger partial charge in [0.15, 0.2) is 0 Å². The van der Waals surface area contributed by atoms with Crippen molar-refractivity contribution in [3.05, 3.63) is 98.1 Å². The molecule has 0 aromatic heterocycles. The number of nitro benzene ring substituents is 1. The molecule has 0 spiro atoms. The van der Waals surface area contributed by atoms with Crippen molar-refractivity contribution < 1.29 is 27.6 Å². The quantitative estimate of drug-likeness (QED) is 0.155. The molecule has 3 aromatic carbocycles. The third-order valence-corrected chi connectivity index (χ3v) is 5.25. The summed E-state index contributed by atoms with van der Waals surface area (Å²) in [4.78, 5) is 22.8. The molecule has 0 atom stereocenters. The Morgan fingerprint density at radius 3 is 2.36 bits per heavy atom. The molecule has 0 saturated heterocycles. The van der Waals surface area contributed by atoms with E-state index in [1.54, 1.807) is 12.1 Å². The average molecular weight is 516 g/mol. The predicted octanol–water partition coefficient (Wildman–Crippen LogP) is 7.17. The molecule has 0 aliphatic carbocycles. The fourth-order valence-electron chi connectivity index (χ4n) is 3.07. The maximum absolute atomic E-state index is 12.9. The Morgan fingerprint density at radius 2 is 1.81 bits per heavy atom. The van der Waals surface area contributed by atoms with E-state index in [0.29, 0.717) is 23.4 Å². The third-order valence-electron chi connectivity index (χ3n) is 4.95. The molecule has 36 heavy (non-hydrogen) atoms. The standard InChI is InChI=1S/C25H17ClF3N3O4/c1-2-15-3-7-19(8-4-15)31-24(33)17(14-30)11-16-5-9-22(20(26)12-16)36-23-10-6-18(25(27,28)29)13-21(23)32(34)35/h3-13H,2H2,1H3,(H,31,33)/b17-11-. The van der Waals surface area contributed by atoms with Gasteiger partial charge in [-0.3, -0.25) is 14.9 Å². The molecule has 1 amide bonds. The minimum Gasteiger partial charge on any atom is -0.449 e. The van der Waals surface area contributed by atoms with E-state index in [-0.39, 0.29) is 16.3 Å². The zero-order valence-electron chi connectivity index (χ0n) is 18.6. The van der Waals surface area contributed by atoms with Crippen molar-refractivity contribution in [3.8, 4) is 17.6 Å². The third kappa shape index (κ3) is 6.40. The zero-order chi connectivity index (χ0) is 26.5. The van der Waals surface area contributed by atoms with Gasteiger partial charge < -0.3 is 10.1 Å². The highest BCUT2D eigenvalue weighted by Crippen LogP contribution is 2.39. The van der Waals surface area contributed by atoms with Crippen molar-refractivity contribution >= 4 is 35.0 Å². The van der Waals surface area contributed by atoms with Crippen LogP contribution in [0.2, 0.25) is 5.02 Å². The second-order valence-electron chi connectivity index (χ2n) is 7.40. The Hall–Kier alpha value is -4.36. The lowest BCUT2D eigenvalue weighted by Crippen LogP contribution is -2.13. The Kier molecular flexibility index (Phi) is 7.96. The maximum Gasteiger partial charge on any atom is 0.416 e. The molecule has 1 N–H and O–H groups in total. The lowest BCUT2D eigenvalue weighted by atomic mass is 10.1. The van der Waals surface area contributed by atoms with Crippen LogP contribution in [0.25, 0.3) is 6.08 Å². The molecular weight excluding hydrogens is 499 g/mol. The van der Waals surface area contributed by atoms with Gasteiger partial charge in [0.25, 0.3) is 5.91 Å². The molecular formula is C25H17ClF3N3O4. The fraction of sp³-hybridized carbons (Fsp3) is 0.120. The normalized spacial score (nSPS) is 11.5. The fourth-order valence-corrected chi connectivity index (χ4v) is 3.30. The first kappa shape index (κ1) is 26.2. The number of hydrogen-bond donors (Lipinski definition) is 1. The summed E-state index contributed by atoms with van der Waals surface area (Å²) in [7, 11) is 0. The smallest absolute Gasteiger partial charge is 0.416 e. The number of nitro groups is 1. The predicted molar refractivity (Wildman–Crippen MR) is 128 cm³/mol. The number of nitrogens with one attached hydrogen (secondary N) is 1. The van der Waals surface area contributed by atoms with Crippen molar-refractivity contribution in [2.24, 2.45) is 0 Å². The second kappa shape index (κ2) is 10.9. The molecule has 0 fully saturated rings. The molecule has 0 saturated carbocycles. The Bertz CT molecular complexity index is 1380. The maximum atomic E-state index is 12.9. The van der Waals surface area contributed by atoms with Gasteiger partial charge in [0, 0.05) is 11.8 Å². The molecule has 0 radical (unpaired) electrons. The lowest BCUT2D eigenvalue weighted by molar-refractivity contribution is -0.385. The number of anilines is 1. The minimum atomic E-state index is -4.77. The number of aryl methyl sites for hydroxylation is 1. The van der Waals surface area contributed by atoms with E-state index >= 15 is 0 Å². The van der Waals surface area contributed by atoms with E-state index in [1.165, 1.54) is 24.3 Å². The first-order valence-electron chi connectivity index (χ1n) is 10.4. The number of halogens is 4. The monoisotopic (exact) mass is 515 g/mol. The summed E-state index contributed by atoms with van der Waals surface area (Å²) >= 11 is 6.19. The molecule has 3 rings (SSSR count). The Labute approximate surface area is 208 Å². The van der Waals surface area contributed by atoms with Crippen LogP contribution in [0.5, 0.6) is 11.5 Å². The number of nitriles is 1. The summed E-state index contributed by atoms with van der Waals surface area (Å²) in [6.07, 6.45) is -2.64. The molecule has 7 nitrogen and oxygen atoms in total. The van der Waals surface area contributed by atoms with Gasteiger partial charge in [0.2, 0.25) is 5.75 Å². The molecule has 0 unspecified atom stereocenters. The lowest BCUT2D eigenvalue weighted by Gasteiger charge is -2.11. The van der Waals surface area contributed by atoms with Crippen LogP contribution < -0.4 is 10.1 Å². The number of ether oxygens (including phenoxy) is 1. The Balaban J connectivity index is 1.82. The van der Waals surface area contributed by atoms with Crippen LogP contribution in [0.1, 0.15) is 23.6 Å². The minimum absolute atomic E-state index is 0.0502. The highest BCUT2D eigenvalue weighted by Gasteiger charge is 2.33. The number of nitrogens with zero attached hydrogens (tertiary/aromatic N) is 2. The highest BCUT2D eigenvalue weighted by molar-refractivity contribution is 6.32. The van der Waals surface area contributed by atoms with Gasteiger partial charge in [-0.25, -0.2) is 0 Å². The van der Waals surface area contributed by atoms with Gasteiger partial charge in [0.1, 0.15) is 17.4 Å². The van der Waals surface area contributed by atoms with E-state index in [9.17, 15) is 33.3 Å². The summed E-state index contributed by atoms with van der Waals surface area (Å²) in [6, 6.07) is 14.9. The van der Waals surface area contributed by atoms with Gasteiger partial charge in [-0.05, 0) is 60.0 Å². The largest absolute Gasteiger partial charge is 0.449 e. The number of carbonyl (C=O) groups is 1. The highest BCUT2D eigenvalue weighted by atomic mass is 35.5. The van der Waals surface area contributed by atoms with E-state index in [0.717, 1.165) is 18.1 Å².